The summed E-state index contributed by atoms with van der Waals surface area (Å²) in [5.74, 6) is -0.251. The molecule has 0 unspecified atom stereocenters. The monoisotopic (exact) mass is 305 g/mol. The molecule has 1 fully saturated rings. The van der Waals surface area contributed by atoms with Crippen molar-refractivity contribution in [2.45, 2.75) is 39.2 Å². The minimum atomic E-state index is -1.06. The first kappa shape index (κ1) is 16.3. The Balaban J connectivity index is 2.28. The van der Waals surface area contributed by atoms with Crippen molar-refractivity contribution in [1.82, 2.24) is 4.90 Å². The van der Waals surface area contributed by atoms with Gasteiger partial charge in [-0.25, -0.2) is 4.79 Å². The topological polar surface area (TPSA) is 66.8 Å². The zero-order valence-corrected chi connectivity index (χ0v) is 13.3. The Labute approximate surface area is 130 Å². The molecule has 5 heteroatoms. The fourth-order valence-electron chi connectivity index (χ4n) is 3.02. The number of aromatic carboxylic acids is 1. The van der Waals surface area contributed by atoms with E-state index in [4.69, 9.17) is 9.84 Å². The first-order valence-electron chi connectivity index (χ1n) is 7.65. The molecule has 5 nitrogen and oxygen atoms in total. The zero-order valence-electron chi connectivity index (χ0n) is 13.3. The Bertz CT molecular complexity index is 568. The van der Waals surface area contributed by atoms with Gasteiger partial charge < -0.3 is 14.7 Å². The molecule has 0 saturated carbocycles. The number of hydrogen-bond acceptors (Lipinski definition) is 3. The average molecular weight is 305 g/mol. The lowest BCUT2D eigenvalue weighted by Crippen LogP contribution is -2.36. The lowest BCUT2D eigenvalue weighted by atomic mass is 10.0. The van der Waals surface area contributed by atoms with Crippen molar-refractivity contribution in [3.63, 3.8) is 0 Å². The predicted octanol–water partition coefficient (Wildman–Crippen LogP) is 3.04. The van der Waals surface area contributed by atoms with E-state index in [0.29, 0.717) is 17.2 Å². The fourth-order valence-corrected chi connectivity index (χ4v) is 3.02. The average Bonchev–Trinajstić information content (AvgIpc) is 2.93. The quantitative estimate of drug-likeness (QED) is 0.908. The van der Waals surface area contributed by atoms with Crippen LogP contribution in [0.4, 0.5) is 0 Å². The van der Waals surface area contributed by atoms with Crippen LogP contribution in [0.25, 0.3) is 0 Å². The molecule has 1 N–H and O–H groups in total. The maximum absolute atomic E-state index is 12.8. The summed E-state index contributed by atoms with van der Waals surface area (Å²) in [6, 6.07) is 4.71. The number of rotatable bonds is 5. The third-order valence-corrected chi connectivity index (χ3v) is 4.02. The number of carbonyl (C=O) groups excluding carboxylic acids is 1. The van der Waals surface area contributed by atoms with Crippen LogP contribution in [-0.2, 0) is 0 Å². The first-order chi connectivity index (χ1) is 10.4. The second-order valence-electron chi connectivity index (χ2n) is 6.18. The Morgan fingerprint density at radius 1 is 1.32 bits per heavy atom. The molecule has 0 radical (unpaired) electrons. The van der Waals surface area contributed by atoms with E-state index in [0.717, 1.165) is 25.8 Å². The summed E-state index contributed by atoms with van der Waals surface area (Å²) >= 11 is 0. The minimum Gasteiger partial charge on any atom is -0.497 e. The van der Waals surface area contributed by atoms with Gasteiger partial charge in [-0.3, -0.25) is 4.79 Å². The number of hydrogen-bond donors (Lipinski definition) is 1. The summed E-state index contributed by atoms with van der Waals surface area (Å²) in [5.41, 5.74) is 0.453. The summed E-state index contributed by atoms with van der Waals surface area (Å²) in [6.45, 7) is 5.03. The van der Waals surface area contributed by atoms with E-state index in [-0.39, 0.29) is 17.5 Å². The number of carbonyl (C=O) groups is 2. The number of nitrogens with zero attached hydrogens (tertiary/aromatic N) is 1. The smallest absolute Gasteiger partial charge is 0.335 e. The number of ether oxygens (including phenoxy) is 1. The molecule has 1 aliphatic rings. The molecule has 0 aliphatic carbocycles. The molecule has 22 heavy (non-hydrogen) atoms. The summed E-state index contributed by atoms with van der Waals surface area (Å²) in [4.78, 5) is 25.8. The second-order valence-corrected chi connectivity index (χ2v) is 6.18. The molecule has 0 bridgehead atoms. The van der Waals surface area contributed by atoms with Crippen molar-refractivity contribution in [3.8, 4) is 5.75 Å². The first-order valence-corrected chi connectivity index (χ1v) is 7.65. The molecule has 1 amide bonds. The fraction of sp³-hybridized carbons (Fsp3) is 0.529. The van der Waals surface area contributed by atoms with Gasteiger partial charge >= 0.3 is 5.97 Å². The summed E-state index contributed by atoms with van der Waals surface area (Å²) in [5, 5.41) is 9.17. The Morgan fingerprint density at radius 2 is 2.00 bits per heavy atom. The molecule has 1 aromatic carbocycles. The number of carboxylic acids is 1. The largest absolute Gasteiger partial charge is 0.497 e. The molecule has 1 aliphatic heterocycles. The molecular formula is C17H23NO4. The van der Waals surface area contributed by atoms with Gasteiger partial charge in [0.05, 0.1) is 12.7 Å². The Morgan fingerprint density at radius 3 is 2.59 bits per heavy atom. The van der Waals surface area contributed by atoms with Gasteiger partial charge in [0.1, 0.15) is 5.75 Å². The maximum atomic E-state index is 12.8. The summed E-state index contributed by atoms with van der Waals surface area (Å²) in [6.07, 6.45) is 2.99. The van der Waals surface area contributed by atoms with Gasteiger partial charge in [-0.2, -0.15) is 0 Å². The SMILES string of the molecule is COc1cc(C(=O)O)cc(C(=O)N2CCC[C@@H]2CC(C)C)c1. The van der Waals surface area contributed by atoms with Gasteiger partial charge in [0.2, 0.25) is 0 Å². The van der Waals surface area contributed by atoms with Gasteiger partial charge in [0.25, 0.3) is 5.91 Å². The van der Waals surface area contributed by atoms with E-state index in [9.17, 15) is 9.59 Å². The maximum Gasteiger partial charge on any atom is 0.335 e. The highest BCUT2D eigenvalue weighted by Crippen LogP contribution is 2.27. The van der Waals surface area contributed by atoms with Crippen LogP contribution in [0.2, 0.25) is 0 Å². The van der Waals surface area contributed by atoms with Gasteiger partial charge in [0, 0.05) is 18.2 Å². The van der Waals surface area contributed by atoms with Gasteiger partial charge in [-0.15, -0.1) is 0 Å². The normalized spacial score (nSPS) is 17.8. The molecule has 1 heterocycles. The molecule has 120 valence electrons. The highest BCUT2D eigenvalue weighted by molar-refractivity contribution is 5.98. The van der Waals surface area contributed by atoms with Crippen molar-refractivity contribution in [3.05, 3.63) is 29.3 Å². The third kappa shape index (κ3) is 3.59. The van der Waals surface area contributed by atoms with E-state index in [1.54, 1.807) is 6.07 Å². The van der Waals surface area contributed by atoms with Crippen LogP contribution in [0.1, 0.15) is 53.8 Å². The minimum absolute atomic E-state index is 0.0716. The lowest BCUT2D eigenvalue weighted by molar-refractivity contribution is 0.0696. The van der Waals surface area contributed by atoms with Crippen LogP contribution in [0, 0.1) is 5.92 Å². The van der Waals surface area contributed by atoms with Crippen LogP contribution in [0.15, 0.2) is 18.2 Å². The van der Waals surface area contributed by atoms with Crippen LogP contribution < -0.4 is 4.74 Å². The molecule has 1 saturated heterocycles. The number of benzene rings is 1. The van der Waals surface area contributed by atoms with E-state index < -0.39 is 5.97 Å². The van der Waals surface area contributed by atoms with E-state index in [2.05, 4.69) is 13.8 Å². The summed E-state index contributed by atoms with van der Waals surface area (Å²) < 4.78 is 5.12. The molecule has 0 aromatic heterocycles. The number of methoxy groups -OCH3 is 1. The standard InChI is InChI=1S/C17H23NO4/c1-11(2)7-14-5-4-6-18(14)16(19)12-8-13(17(20)21)10-15(9-12)22-3/h8-11,14H,4-7H2,1-3H3,(H,20,21)/t14-/m1/s1. The van der Waals surface area contributed by atoms with E-state index in [1.165, 1.54) is 19.2 Å². The van der Waals surface area contributed by atoms with Crippen molar-refractivity contribution in [1.29, 1.82) is 0 Å². The Kier molecular flexibility index (Phi) is 5.06. The highest BCUT2D eigenvalue weighted by atomic mass is 16.5. The number of likely N-dealkylation sites (tertiary alicyclic amines) is 1. The number of carboxylic acid groups (broad SMARTS) is 1. The van der Waals surface area contributed by atoms with Gasteiger partial charge in [-0.1, -0.05) is 13.8 Å². The summed E-state index contributed by atoms with van der Waals surface area (Å²) in [7, 11) is 1.46. The Hall–Kier alpha value is -2.04. The molecule has 1 aromatic rings. The third-order valence-electron chi connectivity index (χ3n) is 4.02. The molecule has 1 atom stereocenters. The van der Waals surface area contributed by atoms with Crippen LogP contribution >= 0.6 is 0 Å². The molecule has 2 rings (SSSR count). The highest BCUT2D eigenvalue weighted by Gasteiger charge is 2.30. The van der Waals surface area contributed by atoms with Gasteiger partial charge in [0.15, 0.2) is 0 Å². The lowest BCUT2D eigenvalue weighted by Gasteiger charge is -2.26. The second kappa shape index (κ2) is 6.81. The predicted molar refractivity (Wildman–Crippen MR) is 83.5 cm³/mol. The zero-order chi connectivity index (χ0) is 16.3. The molecular weight excluding hydrogens is 282 g/mol. The van der Waals surface area contributed by atoms with Crippen molar-refractivity contribution in [2.24, 2.45) is 5.92 Å². The van der Waals surface area contributed by atoms with E-state index >= 15 is 0 Å². The van der Waals surface area contributed by atoms with Crippen LogP contribution in [0.3, 0.4) is 0 Å². The van der Waals surface area contributed by atoms with Gasteiger partial charge in [-0.05, 0) is 43.4 Å². The van der Waals surface area contributed by atoms with Crippen LogP contribution in [0.5, 0.6) is 5.75 Å². The molecule has 0 spiro atoms. The van der Waals surface area contributed by atoms with Crippen molar-refractivity contribution in [2.75, 3.05) is 13.7 Å². The van der Waals surface area contributed by atoms with E-state index in [1.807, 2.05) is 4.90 Å². The van der Waals surface area contributed by atoms with Crippen molar-refractivity contribution < 1.29 is 19.4 Å². The van der Waals surface area contributed by atoms with Crippen molar-refractivity contribution >= 4 is 11.9 Å². The van der Waals surface area contributed by atoms with Crippen LogP contribution in [-0.4, -0.2) is 41.6 Å². The number of amides is 1.